The Bertz CT molecular complexity index is 349. The summed E-state index contributed by atoms with van der Waals surface area (Å²) in [6.45, 7) is 8.90. The van der Waals surface area contributed by atoms with E-state index in [4.69, 9.17) is 0 Å². The second-order valence-corrected chi connectivity index (χ2v) is 5.40. The van der Waals surface area contributed by atoms with Crippen molar-refractivity contribution in [2.75, 3.05) is 20.6 Å². The lowest BCUT2D eigenvalue weighted by Gasteiger charge is -2.28. The van der Waals surface area contributed by atoms with Crippen LogP contribution in [0.15, 0.2) is 24.3 Å². The van der Waals surface area contributed by atoms with E-state index in [2.05, 4.69) is 69.3 Å². The first-order valence-corrected chi connectivity index (χ1v) is 6.98. The summed E-state index contributed by atoms with van der Waals surface area (Å²) in [7, 11) is 4.28. The van der Waals surface area contributed by atoms with E-state index < -0.39 is 0 Å². The molecule has 102 valence electrons. The molecule has 0 bridgehead atoms. The summed E-state index contributed by atoms with van der Waals surface area (Å²) in [4.78, 5) is 2.41. The van der Waals surface area contributed by atoms with Gasteiger partial charge in [0.25, 0.3) is 0 Å². The zero-order valence-electron chi connectivity index (χ0n) is 12.5. The third-order valence-electron chi connectivity index (χ3n) is 3.91. The molecule has 2 nitrogen and oxygen atoms in total. The SMILES string of the molecule is CCC(C)C(CN(C)Cc1ccccc1C)NC. The molecule has 0 aliphatic carbocycles. The molecule has 0 fully saturated rings. The molecule has 1 aromatic rings. The summed E-state index contributed by atoms with van der Waals surface area (Å²) >= 11 is 0. The van der Waals surface area contributed by atoms with E-state index >= 15 is 0 Å². The molecule has 0 amide bonds. The van der Waals surface area contributed by atoms with Crippen LogP contribution in [0.5, 0.6) is 0 Å². The van der Waals surface area contributed by atoms with E-state index in [0.29, 0.717) is 12.0 Å². The van der Waals surface area contributed by atoms with Crippen molar-refractivity contribution in [2.45, 2.75) is 39.8 Å². The highest BCUT2D eigenvalue weighted by Gasteiger charge is 2.15. The Morgan fingerprint density at radius 2 is 1.94 bits per heavy atom. The summed E-state index contributed by atoms with van der Waals surface area (Å²) in [6, 6.07) is 9.22. The number of aryl methyl sites for hydroxylation is 1. The minimum Gasteiger partial charge on any atom is -0.315 e. The number of hydrogen-bond donors (Lipinski definition) is 1. The van der Waals surface area contributed by atoms with E-state index in [1.54, 1.807) is 0 Å². The van der Waals surface area contributed by atoms with Gasteiger partial charge >= 0.3 is 0 Å². The van der Waals surface area contributed by atoms with Crippen LogP contribution in [0.3, 0.4) is 0 Å². The minimum atomic E-state index is 0.573. The van der Waals surface area contributed by atoms with Gasteiger partial charge in [-0.3, -0.25) is 0 Å². The predicted molar refractivity (Wildman–Crippen MR) is 79.8 cm³/mol. The molecule has 1 N–H and O–H groups in total. The highest BCUT2D eigenvalue weighted by molar-refractivity contribution is 5.25. The van der Waals surface area contributed by atoms with Gasteiger partial charge in [0, 0.05) is 19.1 Å². The third kappa shape index (κ3) is 4.43. The van der Waals surface area contributed by atoms with Gasteiger partial charge in [-0.2, -0.15) is 0 Å². The number of rotatable bonds is 7. The molecule has 0 aliphatic rings. The van der Waals surface area contributed by atoms with Gasteiger partial charge in [-0.25, -0.2) is 0 Å². The lowest BCUT2D eigenvalue weighted by Crippen LogP contribution is -2.41. The fourth-order valence-corrected chi connectivity index (χ4v) is 2.32. The van der Waals surface area contributed by atoms with Crippen LogP contribution in [-0.2, 0) is 6.54 Å². The van der Waals surface area contributed by atoms with Crippen LogP contribution >= 0.6 is 0 Å². The van der Waals surface area contributed by atoms with Crippen LogP contribution in [-0.4, -0.2) is 31.6 Å². The molecule has 0 saturated carbocycles. The minimum absolute atomic E-state index is 0.573. The van der Waals surface area contributed by atoms with Crippen LogP contribution < -0.4 is 5.32 Å². The molecule has 0 radical (unpaired) electrons. The predicted octanol–water partition coefficient (Wildman–Crippen LogP) is 3.06. The van der Waals surface area contributed by atoms with Gasteiger partial charge in [-0.05, 0) is 38.1 Å². The van der Waals surface area contributed by atoms with Crippen LogP contribution in [0, 0.1) is 12.8 Å². The fraction of sp³-hybridized carbons (Fsp3) is 0.625. The second-order valence-electron chi connectivity index (χ2n) is 5.40. The Balaban J connectivity index is 2.55. The normalized spacial score (nSPS) is 14.8. The number of likely N-dealkylation sites (N-methyl/N-ethyl adjacent to an activating group) is 2. The molecule has 2 unspecified atom stereocenters. The summed E-state index contributed by atoms with van der Waals surface area (Å²) in [5, 5.41) is 3.44. The first-order valence-electron chi connectivity index (χ1n) is 6.98. The molecule has 2 heteroatoms. The van der Waals surface area contributed by atoms with Gasteiger partial charge in [-0.15, -0.1) is 0 Å². The van der Waals surface area contributed by atoms with E-state index in [-0.39, 0.29) is 0 Å². The topological polar surface area (TPSA) is 15.3 Å². The maximum Gasteiger partial charge on any atom is 0.0233 e. The average molecular weight is 248 g/mol. The molecule has 1 aromatic carbocycles. The molecule has 18 heavy (non-hydrogen) atoms. The molecule has 0 heterocycles. The van der Waals surface area contributed by atoms with Crippen molar-refractivity contribution in [2.24, 2.45) is 5.92 Å². The smallest absolute Gasteiger partial charge is 0.0233 e. The first-order chi connectivity index (χ1) is 8.58. The summed E-state index contributed by atoms with van der Waals surface area (Å²) < 4.78 is 0. The van der Waals surface area contributed by atoms with Crippen molar-refractivity contribution in [3.05, 3.63) is 35.4 Å². The Labute approximate surface area is 112 Å². The van der Waals surface area contributed by atoms with E-state index in [1.165, 1.54) is 17.5 Å². The van der Waals surface area contributed by atoms with Crippen LogP contribution in [0.1, 0.15) is 31.4 Å². The Hall–Kier alpha value is -0.860. The van der Waals surface area contributed by atoms with E-state index in [9.17, 15) is 0 Å². The maximum atomic E-state index is 3.44. The molecular formula is C16H28N2. The summed E-state index contributed by atoms with van der Waals surface area (Å²) in [5.74, 6) is 0.717. The lowest BCUT2D eigenvalue weighted by atomic mass is 9.98. The first kappa shape index (κ1) is 15.2. The molecule has 0 aromatic heterocycles. The lowest BCUT2D eigenvalue weighted by molar-refractivity contribution is 0.246. The van der Waals surface area contributed by atoms with Gasteiger partial charge < -0.3 is 10.2 Å². The summed E-state index contributed by atoms with van der Waals surface area (Å²) in [6.07, 6.45) is 1.23. The average Bonchev–Trinajstić information content (AvgIpc) is 2.37. The molecule has 1 rings (SSSR count). The number of benzene rings is 1. The second kappa shape index (κ2) is 7.55. The third-order valence-corrected chi connectivity index (χ3v) is 3.91. The van der Waals surface area contributed by atoms with Crippen molar-refractivity contribution in [3.63, 3.8) is 0 Å². The van der Waals surface area contributed by atoms with Gasteiger partial charge in [0.1, 0.15) is 0 Å². The zero-order valence-corrected chi connectivity index (χ0v) is 12.5. The van der Waals surface area contributed by atoms with Gasteiger partial charge in [0.05, 0.1) is 0 Å². The molecule has 0 spiro atoms. The van der Waals surface area contributed by atoms with Crippen molar-refractivity contribution in [1.82, 2.24) is 10.2 Å². The van der Waals surface area contributed by atoms with Crippen molar-refractivity contribution in [1.29, 1.82) is 0 Å². The van der Waals surface area contributed by atoms with E-state index in [1.807, 2.05) is 0 Å². The Morgan fingerprint density at radius 3 is 2.50 bits per heavy atom. The van der Waals surface area contributed by atoms with Crippen LogP contribution in [0.4, 0.5) is 0 Å². The van der Waals surface area contributed by atoms with Crippen molar-refractivity contribution < 1.29 is 0 Å². The summed E-state index contributed by atoms with van der Waals surface area (Å²) in [5.41, 5.74) is 2.81. The zero-order chi connectivity index (χ0) is 13.5. The monoisotopic (exact) mass is 248 g/mol. The number of hydrogen-bond acceptors (Lipinski definition) is 2. The Kier molecular flexibility index (Phi) is 6.37. The van der Waals surface area contributed by atoms with Crippen LogP contribution in [0.2, 0.25) is 0 Å². The quantitative estimate of drug-likeness (QED) is 0.798. The largest absolute Gasteiger partial charge is 0.315 e. The maximum absolute atomic E-state index is 3.44. The Morgan fingerprint density at radius 1 is 1.28 bits per heavy atom. The molecule has 0 aliphatic heterocycles. The van der Waals surface area contributed by atoms with Crippen molar-refractivity contribution in [3.8, 4) is 0 Å². The molecule has 0 saturated heterocycles. The molecular weight excluding hydrogens is 220 g/mol. The fourth-order valence-electron chi connectivity index (χ4n) is 2.32. The number of nitrogens with one attached hydrogen (secondary N) is 1. The van der Waals surface area contributed by atoms with Crippen molar-refractivity contribution >= 4 is 0 Å². The van der Waals surface area contributed by atoms with E-state index in [0.717, 1.165) is 13.1 Å². The highest BCUT2D eigenvalue weighted by Crippen LogP contribution is 2.12. The standard InChI is InChI=1S/C16H28N2/c1-6-13(2)16(17-4)12-18(5)11-15-10-8-7-9-14(15)3/h7-10,13,16-17H,6,11-12H2,1-5H3. The van der Waals surface area contributed by atoms with Gasteiger partial charge in [0.2, 0.25) is 0 Å². The highest BCUT2D eigenvalue weighted by atomic mass is 15.1. The van der Waals surface area contributed by atoms with Gasteiger partial charge in [-0.1, -0.05) is 44.5 Å². The number of nitrogens with zero attached hydrogens (tertiary/aromatic N) is 1. The van der Waals surface area contributed by atoms with Crippen LogP contribution in [0.25, 0.3) is 0 Å². The van der Waals surface area contributed by atoms with Gasteiger partial charge in [0.15, 0.2) is 0 Å². The molecule has 2 atom stereocenters.